The molecular formula is C13H22BrNO2. The molecule has 98 valence electrons. The predicted molar refractivity (Wildman–Crippen MR) is 71.3 cm³/mol. The second-order valence-corrected chi connectivity index (χ2v) is 5.93. The van der Waals surface area contributed by atoms with Gasteiger partial charge in [-0.15, -0.1) is 0 Å². The Balaban J connectivity index is 1.95. The molecule has 1 aliphatic heterocycles. The molecule has 2 atom stereocenters. The molecule has 0 spiro atoms. The minimum Gasteiger partial charge on any atom is -0.373 e. The predicted octanol–water partition coefficient (Wildman–Crippen LogP) is 2.58. The van der Waals surface area contributed by atoms with E-state index < -0.39 is 0 Å². The first-order valence-corrected chi connectivity index (χ1v) is 7.82. The molecule has 2 unspecified atom stereocenters. The molecule has 3 nitrogen and oxygen atoms in total. The van der Waals surface area contributed by atoms with Crippen molar-refractivity contribution in [2.45, 2.75) is 51.2 Å². The number of carbonyl (C=O) groups is 1. The van der Waals surface area contributed by atoms with Crippen molar-refractivity contribution in [3.8, 4) is 0 Å². The molecule has 0 aromatic rings. The van der Waals surface area contributed by atoms with Crippen molar-refractivity contribution in [3.05, 3.63) is 0 Å². The molecule has 0 N–H and O–H groups in total. The van der Waals surface area contributed by atoms with E-state index in [0.29, 0.717) is 12.5 Å². The zero-order valence-electron chi connectivity index (χ0n) is 10.5. The van der Waals surface area contributed by atoms with E-state index in [1.807, 2.05) is 4.90 Å². The van der Waals surface area contributed by atoms with Crippen LogP contribution in [0.25, 0.3) is 0 Å². The molecule has 2 fully saturated rings. The SMILES string of the molecule is CC1COC(CBr)CN1C(=O)C1CCCCC1. The molecule has 1 saturated heterocycles. The molecule has 0 bridgehead atoms. The zero-order chi connectivity index (χ0) is 12.3. The molecule has 0 radical (unpaired) electrons. The second-order valence-electron chi connectivity index (χ2n) is 5.28. The Hall–Kier alpha value is -0.0900. The van der Waals surface area contributed by atoms with Crippen LogP contribution < -0.4 is 0 Å². The van der Waals surface area contributed by atoms with Crippen LogP contribution in [0.1, 0.15) is 39.0 Å². The van der Waals surface area contributed by atoms with E-state index in [1.54, 1.807) is 0 Å². The summed E-state index contributed by atoms with van der Waals surface area (Å²) < 4.78 is 5.67. The summed E-state index contributed by atoms with van der Waals surface area (Å²) in [6.45, 7) is 3.52. The lowest BCUT2D eigenvalue weighted by molar-refractivity contribution is -0.148. The first-order chi connectivity index (χ1) is 8.22. The molecule has 0 aromatic carbocycles. The van der Waals surface area contributed by atoms with Crippen LogP contribution in [-0.2, 0) is 9.53 Å². The number of halogens is 1. The topological polar surface area (TPSA) is 29.5 Å². The first-order valence-electron chi connectivity index (χ1n) is 6.70. The number of alkyl halides is 1. The highest BCUT2D eigenvalue weighted by atomic mass is 79.9. The van der Waals surface area contributed by atoms with Crippen molar-refractivity contribution in [3.63, 3.8) is 0 Å². The molecule has 1 amide bonds. The third-order valence-electron chi connectivity index (χ3n) is 3.92. The summed E-state index contributed by atoms with van der Waals surface area (Å²) in [6, 6.07) is 0.236. The summed E-state index contributed by atoms with van der Waals surface area (Å²) in [6.07, 6.45) is 6.07. The largest absolute Gasteiger partial charge is 0.373 e. The van der Waals surface area contributed by atoms with Crippen LogP contribution in [0.5, 0.6) is 0 Å². The molecule has 2 aliphatic rings. The van der Waals surface area contributed by atoms with Gasteiger partial charge in [-0.3, -0.25) is 4.79 Å². The van der Waals surface area contributed by atoms with Gasteiger partial charge < -0.3 is 9.64 Å². The fraction of sp³-hybridized carbons (Fsp3) is 0.923. The average Bonchev–Trinajstić information content (AvgIpc) is 2.39. The summed E-state index contributed by atoms with van der Waals surface area (Å²) in [5.74, 6) is 0.645. The number of carbonyl (C=O) groups excluding carboxylic acids is 1. The molecule has 1 heterocycles. The first kappa shape index (κ1) is 13.3. The minimum absolute atomic E-state index is 0.166. The van der Waals surface area contributed by atoms with Gasteiger partial charge in [-0.1, -0.05) is 35.2 Å². The van der Waals surface area contributed by atoms with Crippen molar-refractivity contribution in [1.29, 1.82) is 0 Å². The van der Waals surface area contributed by atoms with Crippen molar-refractivity contribution < 1.29 is 9.53 Å². The van der Waals surface area contributed by atoms with Crippen LogP contribution in [0.4, 0.5) is 0 Å². The lowest BCUT2D eigenvalue weighted by Crippen LogP contribution is -2.53. The maximum atomic E-state index is 12.5. The van der Waals surface area contributed by atoms with Gasteiger partial charge in [0.25, 0.3) is 0 Å². The highest BCUT2D eigenvalue weighted by molar-refractivity contribution is 9.09. The third kappa shape index (κ3) is 3.22. The van der Waals surface area contributed by atoms with Gasteiger partial charge in [0.05, 0.1) is 18.8 Å². The van der Waals surface area contributed by atoms with Gasteiger partial charge >= 0.3 is 0 Å². The van der Waals surface area contributed by atoms with Gasteiger partial charge in [0.2, 0.25) is 5.91 Å². The number of nitrogens with zero attached hydrogens (tertiary/aromatic N) is 1. The molecule has 17 heavy (non-hydrogen) atoms. The Morgan fingerprint density at radius 1 is 1.35 bits per heavy atom. The summed E-state index contributed by atoms with van der Waals surface area (Å²) in [5, 5.41) is 0.814. The fourth-order valence-corrected chi connectivity index (χ4v) is 3.19. The van der Waals surface area contributed by atoms with Crippen molar-refractivity contribution in [2.24, 2.45) is 5.92 Å². The van der Waals surface area contributed by atoms with Crippen LogP contribution in [-0.4, -0.2) is 41.4 Å². The Morgan fingerprint density at radius 2 is 2.06 bits per heavy atom. The van der Waals surface area contributed by atoms with Gasteiger partial charge in [0, 0.05) is 17.8 Å². The standard InChI is InChI=1S/C13H22BrNO2/c1-10-9-17-12(7-14)8-15(10)13(16)11-5-3-2-4-6-11/h10-12H,2-9H2,1H3. The molecule has 0 aromatic heterocycles. The van der Waals surface area contributed by atoms with Gasteiger partial charge in [0.1, 0.15) is 0 Å². The number of ether oxygens (including phenoxy) is 1. The fourth-order valence-electron chi connectivity index (χ4n) is 2.80. The van der Waals surface area contributed by atoms with E-state index >= 15 is 0 Å². The zero-order valence-corrected chi connectivity index (χ0v) is 12.1. The lowest BCUT2D eigenvalue weighted by atomic mass is 9.88. The number of hydrogen-bond acceptors (Lipinski definition) is 2. The normalized spacial score (nSPS) is 31.5. The molecular weight excluding hydrogens is 282 g/mol. The van der Waals surface area contributed by atoms with Crippen molar-refractivity contribution in [2.75, 3.05) is 18.5 Å². The summed E-state index contributed by atoms with van der Waals surface area (Å²) in [7, 11) is 0. The van der Waals surface area contributed by atoms with Gasteiger partial charge in [0.15, 0.2) is 0 Å². The monoisotopic (exact) mass is 303 g/mol. The Morgan fingerprint density at radius 3 is 2.71 bits per heavy atom. The Kier molecular flexibility index (Phi) is 4.86. The van der Waals surface area contributed by atoms with Crippen LogP contribution in [0.15, 0.2) is 0 Å². The quantitative estimate of drug-likeness (QED) is 0.734. The van der Waals surface area contributed by atoms with E-state index in [4.69, 9.17) is 4.74 Å². The highest BCUT2D eigenvalue weighted by Crippen LogP contribution is 2.27. The van der Waals surface area contributed by atoms with Gasteiger partial charge in [-0.2, -0.15) is 0 Å². The number of morpholine rings is 1. The van der Waals surface area contributed by atoms with Crippen LogP contribution >= 0.6 is 15.9 Å². The van der Waals surface area contributed by atoms with E-state index in [1.165, 1.54) is 19.3 Å². The smallest absolute Gasteiger partial charge is 0.226 e. The lowest BCUT2D eigenvalue weighted by Gasteiger charge is -2.40. The Bertz CT molecular complexity index is 266. The highest BCUT2D eigenvalue weighted by Gasteiger charge is 2.33. The van der Waals surface area contributed by atoms with Crippen molar-refractivity contribution in [1.82, 2.24) is 4.90 Å². The number of amides is 1. The number of rotatable bonds is 2. The average molecular weight is 304 g/mol. The maximum Gasteiger partial charge on any atom is 0.226 e. The van der Waals surface area contributed by atoms with E-state index in [0.717, 1.165) is 24.7 Å². The molecule has 2 rings (SSSR count). The maximum absolute atomic E-state index is 12.5. The second kappa shape index (κ2) is 6.19. The van der Waals surface area contributed by atoms with Crippen LogP contribution in [0, 0.1) is 5.92 Å². The van der Waals surface area contributed by atoms with E-state index in [-0.39, 0.29) is 18.1 Å². The molecule has 4 heteroatoms. The summed E-state index contributed by atoms with van der Waals surface area (Å²) >= 11 is 3.44. The summed E-state index contributed by atoms with van der Waals surface area (Å²) in [5.41, 5.74) is 0. The van der Waals surface area contributed by atoms with Crippen LogP contribution in [0.2, 0.25) is 0 Å². The summed E-state index contributed by atoms with van der Waals surface area (Å²) in [4.78, 5) is 14.5. The number of hydrogen-bond donors (Lipinski definition) is 0. The van der Waals surface area contributed by atoms with E-state index in [2.05, 4.69) is 22.9 Å². The van der Waals surface area contributed by atoms with E-state index in [9.17, 15) is 4.79 Å². The molecule has 1 saturated carbocycles. The third-order valence-corrected chi connectivity index (χ3v) is 4.64. The van der Waals surface area contributed by atoms with Gasteiger partial charge in [-0.05, 0) is 19.8 Å². The minimum atomic E-state index is 0.166. The Labute approximate surface area is 112 Å². The van der Waals surface area contributed by atoms with Gasteiger partial charge in [-0.25, -0.2) is 0 Å². The molecule has 1 aliphatic carbocycles. The van der Waals surface area contributed by atoms with Crippen molar-refractivity contribution >= 4 is 21.8 Å². The van der Waals surface area contributed by atoms with Crippen LogP contribution in [0.3, 0.4) is 0 Å².